The van der Waals surface area contributed by atoms with Crippen LogP contribution >= 0.6 is 11.3 Å². The Morgan fingerprint density at radius 2 is 1.67 bits per heavy atom. The van der Waals surface area contributed by atoms with E-state index >= 15 is 8.78 Å². The summed E-state index contributed by atoms with van der Waals surface area (Å²) >= 11 is 1.57. The first kappa shape index (κ1) is 54.7. The highest BCUT2D eigenvalue weighted by Gasteiger charge is 2.44. The number of nitrogens with one attached hydrogen (secondary N) is 4. The van der Waals surface area contributed by atoms with Gasteiger partial charge in [0.1, 0.15) is 23.7 Å². The van der Waals surface area contributed by atoms with E-state index in [9.17, 15) is 24.3 Å². The van der Waals surface area contributed by atoms with Gasteiger partial charge in [0.25, 0.3) is 0 Å². The van der Waals surface area contributed by atoms with Crippen molar-refractivity contribution < 1.29 is 37.8 Å². The van der Waals surface area contributed by atoms with E-state index in [0.717, 1.165) is 21.7 Å². The van der Waals surface area contributed by atoms with Gasteiger partial charge in [0, 0.05) is 100 Å². The lowest BCUT2D eigenvalue weighted by molar-refractivity contribution is -0.144. The Morgan fingerprint density at radius 3 is 2.35 bits per heavy atom. The van der Waals surface area contributed by atoms with E-state index in [1.807, 2.05) is 67.3 Å². The summed E-state index contributed by atoms with van der Waals surface area (Å²) in [5.41, 5.74) is 6.78. The lowest BCUT2D eigenvalue weighted by Gasteiger charge is -2.35. The van der Waals surface area contributed by atoms with E-state index < -0.39 is 41.1 Å². The number of fused-ring (bicyclic) bond motifs is 1. The maximum Gasteiger partial charge on any atom is 0.246 e. The number of ether oxygens (including phenoxy) is 1. The predicted molar refractivity (Wildman–Crippen MR) is 285 cm³/mol. The number of rotatable bonds is 19. The number of morpholine rings is 1. The molecule has 5 aromatic rings. The number of halogens is 2. The molecule has 3 fully saturated rings. The number of aromatic nitrogens is 3. The number of allylic oxidation sites excluding steroid dienone is 1. The van der Waals surface area contributed by atoms with Crippen LogP contribution in [0.1, 0.15) is 94.7 Å². The van der Waals surface area contributed by atoms with Crippen LogP contribution in [0, 0.1) is 29.4 Å². The quantitative estimate of drug-likeness (QED) is 0.0414. The third kappa shape index (κ3) is 13.9. The standard InChI is InChI=1S/C56H68F2N10O6S/c1-35-52(75-34-63-35)37-15-13-36(14-16-37)29-62-54(72)48-27-41(69)32-68(48)55(73)53(56(2,3)4)65-49(70)11-6-5-7-12-50(71)67-19-17-40(18-20-67)60-30-39(28-59)47-31-61-46-10-8-9-42(51(46)64-47)38-25-44(57)43(45(58)26-38)33-66-21-23-74-24-22-66/h8-10,13-16,25-26,28,30-31,34,40-41,48,53,59-60,69H,5-7,11-12,17-24,27,29,32-33H2,1-4H3,(H,62,72)(H,65,70)/b39-30+,59-28?/t41?,48?,53-/m1/s1. The number of aliphatic hydroxyl groups excluding tert-OH is 1. The highest BCUT2D eigenvalue weighted by molar-refractivity contribution is 7.13. The molecule has 4 amide bonds. The summed E-state index contributed by atoms with van der Waals surface area (Å²) in [4.78, 5) is 74.1. The minimum Gasteiger partial charge on any atom is -0.391 e. The second-order valence-corrected chi connectivity index (χ2v) is 21.7. The van der Waals surface area contributed by atoms with Crippen LogP contribution < -0.4 is 16.0 Å². The number of para-hydroxylation sites is 1. The third-order valence-electron chi connectivity index (χ3n) is 14.3. The summed E-state index contributed by atoms with van der Waals surface area (Å²) in [6.07, 6.45) is 7.38. The van der Waals surface area contributed by atoms with Crippen molar-refractivity contribution in [1.29, 1.82) is 5.41 Å². The van der Waals surface area contributed by atoms with Gasteiger partial charge in [0.05, 0.1) is 58.3 Å². The number of carbonyl (C=O) groups is 4. The van der Waals surface area contributed by atoms with Gasteiger partial charge >= 0.3 is 0 Å². The molecule has 3 aliphatic heterocycles. The number of aryl methyl sites for hydroxylation is 1. The molecule has 19 heteroatoms. The van der Waals surface area contributed by atoms with E-state index in [4.69, 9.17) is 15.1 Å². The number of likely N-dealkylation sites (tertiary alicyclic amines) is 2. The second-order valence-electron chi connectivity index (χ2n) is 20.8. The average Bonchev–Trinajstić information content (AvgIpc) is 4.03. The predicted octanol–water partition coefficient (Wildman–Crippen LogP) is 7.17. The maximum absolute atomic E-state index is 15.4. The van der Waals surface area contributed by atoms with Crippen molar-refractivity contribution in [3.05, 3.63) is 107 Å². The SMILES string of the molecule is Cc1ncsc1-c1ccc(CNC(=O)C2CC(O)CN2C(=O)[C@@H](NC(=O)CCCCCC(=O)N2CCC(N/C=C(\C=N)c3cnc4cccc(-c5cc(F)c(CN6CCOCC6)c(F)c5)c4n3)CC2)C(C)(C)C)cc1. The largest absolute Gasteiger partial charge is 0.391 e. The molecule has 2 aromatic heterocycles. The van der Waals surface area contributed by atoms with Gasteiger partial charge in [0.2, 0.25) is 23.6 Å². The molecule has 8 rings (SSSR count). The summed E-state index contributed by atoms with van der Waals surface area (Å²) in [5.74, 6) is -2.30. The van der Waals surface area contributed by atoms with Gasteiger partial charge in [-0.15, -0.1) is 11.3 Å². The van der Waals surface area contributed by atoms with Gasteiger partial charge in [-0.05, 0) is 72.9 Å². The number of unbranched alkanes of at least 4 members (excludes halogenated alkanes) is 2. The molecule has 3 aromatic carbocycles. The molecular weight excluding hydrogens is 979 g/mol. The monoisotopic (exact) mass is 1050 g/mol. The Labute approximate surface area is 440 Å². The molecular formula is C56H68F2N10O6S. The van der Waals surface area contributed by atoms with Gasteiger partial charge in [-0.3, -0.25) is 29.1 Å². The van der Waals surface area contributed by atoms with Crippen LogP contribution in [0.2, 0.25) is 0 Å². The van der Waals surface area contributed by atoms with Crippen LogP contribution in [-0.2, 0) is 37.0 Å². The van der Waals surface area contributed by atoms with E-state index in [2.05, 4.69) is 25.9 Å². The molecule has 3 atom stereocenters. The fourth-order valence-electron chi connectivity index (χ4n) is 9.90. The number of hydrogen-bond acceptors (Lipinski definition) is 13. The number of nitrogens with zero attached hydrogens (tertiary/aromatic N) is 6. The van der Waals surface area contributed by atoms with Crippen LogP contribution in [-0.4, -0.2) is 135 Å². The zero-order valence-electron chi connectivity index (χ0n) is 43.2. The van der Waals surface area contributed by atoms with Crippen LogP contribution in [0.25, 0.3) is 38.2 Å². The summed E-state index contributed by atoms with van der Waals surface area (Å²) < 4.78 is 36.3. The minimum absolute atomic E-state index is 0.0128. The molecule has 0 bridgehead atoms. The van der Waals surface area contributed by atoms with Gasteiger partial charge in [-0.25, -0.2) is 18.7 Å². The number of amides is 4. The molecule has 75 heavy (non-hydrogen) atoms. The molecule has 0 spiro atoms. The van der Waals surface area contributed by atoms with E-state index in [1.54, 1.807) is 41.9 Å². The lowest BCUT2D eigenvalue weighted by Crippen LogP contribution is -2.57. The van der Waals surface area contributed by atoms with Crippen LogP contribution in [0.15, 0.2) is 72.5 Å². The fraction of sp³-hybridized carbons (Fsp3) is 0.464. The van der Waals surface area contributed by atoms with Crippen LogP contribution in [0.3, 0.4) is 0 Å². The first-order chi connectivity index (χ1) is 36.1. The lowest BCUT2D eigenvalue weighted by atomic mass is 9.85. The van der Waals surface area contributed by atoms with Gasteiger partial charge in [-0.2, -0.15) is 0 Å². The molecule has 16 nitrogen and oxygen atoms in total. The zero-order valence-corrected chi connectivity index (χ0v) is 44.0. The highest BCUT2D eigenvalue weighted by Crippen LogP contribution is 2.32. The number of aliphatic hydroxyl groups is 1. The van der Waals surface area contributed by atoms with Gasteiger partial charge in [0.15, 0.2) is 0 Å². The number of carbonyl (C=O) groups excluding carboxylic acids is 4. The minimum atomic E-state index is -0.929. The zero-order chi connectivity index (χ0) is 53.2. The Morgan fingerprint density at radius 1 is 0.947 bits per heavy atom. The van der Waals surface area contributed by atoms with Crippen LogP contribution in [0.5, 0.6) is 0 Å². The van der Waals surface area contributed by atoms with Gasteiger partial charge in [-0.1, -0.05) is 63.6 Å². The molecule has 5 N–H and O–H groups in total. The van der Waals surface area contributed by atoms with E-state index in [1.165, 1.54) is 23.2 Å². The molecule has 0 aliphatic carbocycles. The molecule has 5 heterocycles. The summed E-state index contributed by atoms with van der Waals surface area (Å²) in [5, 5.41) is 28.1. The average molecular weight is 1050 g/mol. The Kier molecular flexibility index (Phi) is 18.1. The molecule has 3 aliphatic rings. The van der Waals surface area contributed by atoms with E-state index in [0.29, 0.717) is 111 Å². The van der Waals surface area contributed by atoms with Crippen molar-refractivity contribution in [3.8, 4) is 21.6 Å². The number of β-amino-alcohol motifs (C(OH)–C–C–N with tert-alkyl or cyclic N) is 1. The number of piperidine rings is 1. The van der Waals surface area contributed by atoms with Crippen molar-refractivity contribution in [2.75, 3.05) is 45.9 Å². The first-order valence-corrected chi connectivity index (χ1v) is 26.8. The molecule has 0 saturated carbocycles. The van der Waals surface area contributed by atoms with Crippen molar-refractivity contribution in [2.24, 2.45) is 5.41 Å². The van der Waals surface area contributed by atoms with E-state index in [-0.39, 0.29) is 61.8 Å². The topological polar surface area (TPSA) is 206 Å². The van der Waals surface area contributed by atoms with Crippen molar-refractivity contribution in [3.63, 3.8) is 0 Å². The number of hydrogen-bond donors (Lipinski definition) is 5. The maximum atomic E-state index is 15.4. The Hall–Kier alpha value is -6.54. The van der Waals surface area contributed by atoms with Crippen molar-refractivity contribution in [2.45, 2.75) is 116 Å². The number of thiazole rings is 1. The first-order valence-electron chi connectivity index (χ1n) is 25.9. The van der Waals surface area contributed by atoms with Gasteiger partial charge < -0.3 is 41.0 Å². The number of benzene rings is 3. The fourth-order valence-corrected chi connectivity index (χ4v) is 10.7. The third-order valence-corrected chi connectivity index (χ3v) is 15.3. The summed E-state index contributed by atoms with van der Waals surface area (Å²) in [6.45, 7) is 11.3. The highest BCUT2D eigenvalue weighted by atomic mass is 32.1. The smallest absolute Gasteiger partial charge is 0.246 e. The summed E-state index contributed by atoms with van der Waals surface area (Å²) in [6, 6.07) is 14.1. The Bertz CT molecular complexity index is 2850. The molecule has 0 radical (unpaired) electrons. The normalized spacial score (nSPS) is 18.3. The molecule has 398 valence electrons. The van der Waals surface area contributed by atoms with Crippen LogP contribution in [0.4, 0.5) is 8.78 Å². The molecule has 2 unspecified atom stereocenters. The summed E-state index contributed by atoms with van der Waals surface area (Å²) in [7, 11) is 0. The second kappa shape index (κ2) is 24.9. The molecule has 3 saturated heterocycles. The Balaban J connectivity index is 0.766. The van der Waals surface area contributed by atoms with Crippen molar-refractivity contribution >= 4 is 57.8 Å². The van der Waals surface area contributed by atoms with Crippen molar-refractivity contribution in [1.82, 2.24) is 45.6 Å².